The van der Waals surface area contributed by atoms with E-state index < -0.39 is 6.09 Å². The third kappa shape index (κ3) is 4.96. The van der Waals surface area contributed by atoms with Gasteiger partial charge in [0.2, 0.25) is 0 Å². The maximum absolute atomic E-state index is 12.2. The highest BCUT2D eigenvalue weighted by Gasteiger charge is 2.28. The number of hydrogen-bond donors (Lipinski definition) is 2. The fourth-order valence-corrected chi connectivity index (χ4v) is 3.96. The van der Waals surface area contributed by atoms with Gasteiger partial charge in [-0.2, -0.15) is 0 Å². The van der Waals surface area contributed by atoms with E-state index in [9.17, 15) is 4.79 Å². The van der Waals surface area contributed by atoms with Gasteiger partial charge in [0.25, 0.3) is 0 Å². The maximum Gasteiger partial charge on any atom is 0.407 e. The van der Waals surface area contributed by atoms with Crippen molar-refractivity contribution >= 4 is 6.09 Å². The van der Waals surface area contributed by atoms with E-state index in [0.717, 1.165) is 12.0 Å². The van der Waals surface area contributed by atoms with Crippen molar-refractivity contribution in [3.63, 3.8) is 0 Å². The molecule has 156 valence electrons. The van der Waals surface area contributed by atoms with Crippen LogP contribution in [0.3, 0.4) is 0 Å². The van der Waals surface area contributed by atoms with Gasteiger partial charge in [-0.05, 0) is 52.9 Å². The van der Waals surface area contributed by atoms with Crippen LogP contribution in [-0.2, 0) is 11.2 Å². The standard InChI is InChI=1S/C27H26N2O2/c28-17-16-21-14-12-20(13-15-21)7-5-6-18-29-27(30)31-19-26-24-10-3-1-8-22(24)23-9-2-4-11-25(23)26/h1-4,8-15,26H,6,16-19,28H2,(H,29,30). The third-order valence-corrected chi connectivity index (χ3v) is 5.48. The quantitative estimate of drug-likeness (QED) is 0.466. The second kappa shape index (κ2) is 9.97. The fraction of sp³-hybridized carbons (Fsp3) is 0.222. The zero-order valence-electron chi connectivity index (χ0n) is 17.4. The molecule has 0 aliphatic heterocycles. The lowest BCUT2D eigenvalue weighted by Crippen LogP contribution is -2.26. The highest BCUT2D eigenvalue weighted by molar-refractivity contribution is 5.79. The van der Waals surface area contributed by atoms with Crippen LogP contribution < -0.4 is 11.1 Å². The summed E-state index contributed by atoms with van der Waals surface area (Å²) in [5.74, 6) is 6.27. The highest BCUT2D eigenvalue weighted by Crippen LogP contribution is 2.44. The van der Waals surface area contributed by atoms with E-state index in [1.54, 1.807) is 0 Å². The molecule has 0 radical (unpaired) electrons. The predicted molar refractivity (Wildman–Crippen MR) is 124 cm³/mol. The van der Waals surface area contributed by atoms with Crippen LogP contribution in [0.5, 0.6) is 0 Å². The zero-order chi connectivity index (χ0) is 21.5. The lowest BCUT2D eigenvalue weighted by Gasteiger charge is -2.14. The molecule has 1 aliphatic rings. The molecule has 3 aromatic carbocycles. The van der Waals surface area contributed by atoms with Crippen molar-refractivity contribution in [2.75, 3.05) is 19.7 Å². The normalized spacial score (nSPS) is 11.8. The summed E-state index contributed by atoms with van der Waals surface area (Å²) < 4.78 is 5.53. The minimum Gasteiger partial charge on any atom is -0.449 e. The van der Waals surface area contributed by atoms with Crippen molar-refractivity contribution in [2.45, 2.75) is 18.8 Å². The van der Waals surface area contributed by atoms with Crippen LogP contribution in [0.1, 0.15) is 34.6 Å². The molecule has 31 heavy (non-hydrogen) atoms. The van der Waals surface area contributed by atoms with Crippen molar-refractivity contribution in [1.29, 1.82) is 0 Å². The molecule has 4 rings (SSSR count). The molecule has 3 aromatic rings. The number of alkyl carbamates (subject to hydrolysis) is 1. The van der Waals surface area contributed by atoms with E-state index in [4.69, 9.17) is 10.5 Å². The molecule has 0 heterocycles. The number of ether oxygens (including phenoxy) is 1. The topological polar surface area (TPSA) is 64.3 Å². The molecule has 1 amide bonds. The lowest BCUT2D eigenvalue weighted by atomic mass is 9.98. The first-order valence-electron chi connectivity index (χ1n) is 10.6. The van der Waals surface area contributed by atoms with Crippen molar-refractivity contribution in [3.8, 4) is 23.0 Å². The van der Waals surface area contributed by atoms with Crippen molar-refractivity contribution in [2.24, 2.45) is 5.73 Å². The summed E-state index contributed by atoms with van der Waals surface area (Å²) in [4.78, 5) is 12.2. The molecule has 1 aliphatic carbocycles. The Morgan fingerprint density at radius 3 is 2.23 bits per heavy atom. The Labute approximate surface area is 183 Å². The van der Waals surface area contributed by atoms with Crippen LogP contribution in [0.15, 0.2) is 72.8 Å². The van der Waals surface area contributed by atoms with Crippen molar-refractivity contribution < 1.29 is 9.53 Å². The largest absolute Gasteiger partial charge is 0.449 e. The van der Waals surface area contributed by atoms with Gasteiger partial charge >= 0.3 is 6.09 Å². The highest BCUT2D eigenvalue weighted by atomic mass is 16.5. The number of amides is 1. The molecule has 0 saturated carbocycles. The summed E-state index contributed by atoms with van der Waals surface area (Å²) in [6.45, 7) is 1.42. The summed E-state index contributed by atoms with van der Waals surface area (Å²) in [5, 5.41) is 2.79. The Kier molecular flexibility index (Phi) is 6.66. The Morgan fingerprint density at radius 1 is 0.935 bits per heavy atom. The number of benzene rings is 3. The number of hydrogen-bond acceptors (Lipinski definition) is 3. The summed E-state index contributed by atoms with van der Waals surface area (Å²) >= 11 is 0. The average molecular weight is 411 g/mol. The van der Waals surface area contributed by atoms with Crippen LogP contribution in [0.2, 0.25) is 0 Å². The minimum absolute atomic E-state index is 0.0696. The third-order valence-electron chi connectivity index (χ3n) is 5.48. The number of carbonyl (C=O) groups excluding carboxylic acids is 1. The first-order valence-corrected chi connectivity index (χ1v) is 10.6. The molecule has 0 atom stereocenters. The molecule has 0 spiro atoms. The van der Waals surface area contributed by atoms with Crippen LogP contribution in [0.4, 0.5) is 4.79 Å². The Hall–Kier alpha value is -3.55. The number of rotatable bonds is 6. The van der Waals surface area contributed by atoms with Crippen molar-refractivity contribution in [1.82, 2.24) is 5.32 Å². The molecule has 0 fully saturated rings. The van der Waals surface area contributed by atoms with Crippen LogP contribution in [0, 0.1) is 11.8 Å². The van der Waals surface area contributed by atoms with E-state index in [-0.39, 0.29) is 5.92 Å². The van der Waals surface area contributed by atoms with Crippen LogP contribution >= 0.6 is 0 Å². The van der Waals surface area contributed by atoms with E-state index in [1.165, 1.54) is 27.8 Å². The summed E-state index contributed by atoms with van der Waals surface area (Å²) in [5.41, 5.74) is 12.6. The summed E-state index contributed by atoms with van der Waals surface area (Å²) in [7, 11) is 0. The van der Waals surface area contributed by atoms with E-state index in [2.05, 4.69) is 41.4 Å². The van der Waals surface area contributed by atoms with Gasteiger partial charge in [-0.1, -0.05) is 72.5 Å². The fourth-order valence-electron chi connectivity index (χ4n) is 3.96. The lowest BCUT2D eigenvalue weighted by molar-refractivity contribution is 0.143. The van der Waals surface area contributed by atoms with Gasteiger partial charge in [0.15, 0.2) is 0 Å². The number of fused-ring (bicyclic) bond motifs is 3. The first-order chi connectivity index (χ1) is 15.3. The smallest absolute Gasteiger partial charge is 0.407 e. The van der Waals surface area contributed by atoms with Gasteiger partial charge in [-0.3, -0.25) is 0 Å². The molecule has 4 heteroatoms. The Morgan fingerprint density at radius 2 is 1.58 bits per heavy atom. The minimum atomic E-state index is -0.408. The molecular formula is C27H26N2O2. The Balaban J connectivity index is 1.25. The van der Waals surface area contributed by atoms with Gasteiger partial charge in [-0.25, -0.2) is 4.79 Å². The molecule has 3 N–H and O–H groups in total. The van der Waals surface area contributed by atoms with Gasteiger partial charge in [0, 0.05) is 24.4 Å². The second-order valence-corrected chi connectivity index (χ2v) is 7.54. The Bertz CT molecular complexity index is 1060. The number of carbonyl (C=O) groups is 1. The predicted octanol–water partition coefficient (Wildman–Crippen LogP) is 4.47. The van der Waals surface area contributed by atoms with Gasteiger partial charge in [0.1, 0.15) is 6.61 Å². The van der Waals surface area contributed by atoms with Gasteiger partial charge < -0.3 is 15.8 Å². The number of nitrogens with two attached hydrogens (primary N) is 1. The monoisotopic (exact) mass is 410 g/mol. The first kappa shape index (κ1) is 20.7. The molecule has 0 saturated heterocycles. The molecule has 0 unspecified atom stereocenters. The van der Waals surface area contributed by atoms with E-state index >= 15 is 0 Å². The summed E-state index contributed by atoms with van der Waals surface area (Å²) in [6.07, 6.45) is 1.03. The molecule has 0 bridgehead atoms. The van der Waals surface area contributed by atoms with E-state index in [1.807, 2.05) is 48.5 Å². The van der Waals surface area contributed by atoms with Crippen molar-refractivity contribution in [3.05, 3.63) is 95.1 Å². The zero-order valence-corrected chi connectivity index (χ0v) is 17.4. The molecule has 4 nitrogen and oxygen atoms in total. The SMILES string of the molecule is NCCc1ccc(C#CCCNC(=O)OCC2c3ccccc3-c3ccccc32)cc1. The van der Waals surface area contributed by atoms with Gasteiger partial charge in [0.05, 0.1) is 0 Å². The molecular weight excluding hydrogens is 384 g/mol. The van der Waals surface area contributed by atoms with Gasteiger partial charge in [-0.15, -0.1) is 0 Å². The van der Waals surface area contributed by atoms with Crippen LogP contribution in [-0.4, -0.2) is 25.8 Å². The average Bonchev–Trinajstić information content (AvgIpc) is 3.12. The van der Waals surface area contributed by atoms with E-state index in [0.29, 0.717) is 26.1 Å². The number of nitrogens with one attached hydrogen (secondary N) is 1. The summed E-state index contributed by atoms with van der Waals surface area (Å²) in [6, 6.07) is 24.7. The second-order valence-electron chi connectivity index (χ2n) is 7.54. The van der Waals surface area contributed by atoms with Crippen LogP contribution in [0.25, 0.3) is 11.1 Å². The maximum atomic E-state index is 12.2. The molecule has 0 aromatic heterocycles.